The fourth-order valence-electron chi connectivity index (χ4n) is 1.39. The van der Waals surface area contributed by atoms with Gasteiger partial charge in [0, 0.05) is 20.1 Å². The average Bonchev–Trinajstić information content (AvgIpc) is 2.28. The molecular formula is C13H21NO3. The molecule has 0 spiro atoms. The summed E-state index contributed by atoms with van der Waals surface area (Å²) in [6, 6.07) is 5.56. The minimum atomic E-state index is 0.0982. The summed E-state index contributed by atoms with van der Waals surface area (Å²) in [7, 11) is 1.67. The van der Waals surface area contributed by atoms with Crippen LogP contribution >= 0.6 is 0 Å². The van der Waals surface area contributed by atoms with Gasteiger partial charge in [0.05, 0.1) is 12.7 Å². The second-order valence-electron chi connectivity index (χ2n) is 4.03. The summed E-state index contributed by atoms with van der Waals surface area (Å²) in [5.74, 6) is 1.34. The molecule has 0 heterocycles. The predicted molar refractivity (Wildman–Crippen MR) is 68.6 cm³/mol. The molecule has 0 radical (unpaired) electrons. The Bertz CT molecular complexity index is 339. The monoisotopic (exact) mass is 239 g/mol. The summed E-state index contributed by atoms with van der Waals surface area (Å²) < 4.78 is 16.1. The van der Waals surface area contributed by atoms with Crippen LogP contribution in [0.5, 0.6) is 11.5 Å². The Balaban J connectivity index is 2.59. The van der Waals surface area contributed by atoms with Crippen molar-refractivity contribution in [2.45, 2.75) is 26.4 Å². The number of hydrogen-bond acceptors (Lipinski definition) is 4. The van der Waals surface area contributed by atoms with Crippen molar-refractivity contribution in [1.82, 2.24) is 0 Å². The molecule has 4 nitrogen and oxygen atoms in total. The number of ether oxygens (including phenoxy) is 3. The summed E-state index contributed by atoms with van der Waals surface area (Å²) in [4.78, 5) is 0. The van der Waals surface area contributed by atoms with E-state index in [9.17, 15) is 0 Å². The van der Waals surface area contributed by atoms with E-state index in [1.165, 1.54) is 0 Å². The molecule has 0 saturated carbocycles. The Kier molecular flexibility index (Phi) is 5.63. The molecule has 0 aliphatic carbocycles. The van der Waals surface area contributed by atoms with Crippen molar-refractivity contribution in [3.63, 3.8) is 0 Å². The summed E-state index contributed by atoms with van der Waals surface area (Å²) >= 11 is 0. The van der Waals surface area contributed by atoms with Crippen molar-refractivity contribution in [3.05, 3.63) is 18.2 Å². The number of anilines is 1. The number of methoxy groups -OCH3 is 1. The molecule has 0 saturated heterocycles. The Labute approximate surface area is 103 Å². The van der Waals surface area contributed by atoms with Crippen molar-refractivity contribution in [2.75, 3.05) is 26.1 Å². The molecule has 0 unspecified atom stereocenters. The van der Waals surface area contributed by atoms with E-state index in [0.717, 1.165) is 6.42 Å². The molecule has 0 aliphatic rings. The largest absolute Gasteiger partial charge is 0.491 e. The van der Waals surface area contributed by atoms with Gasteiger partial charge in [0.25, 0.3) is 0 Å². The molecule has 4 heteroatoms. The molecule has 0 aromatic heterocycles. The number of para-hydroxylation sites is 1. The number of nitrogens with two attached hydrogens (primary N) is 1. The lowest BCUT2D eigenvalue weighted by atomic mass is 10.2. The maximum absolute atomic E-state index is 5.97. The Morgan fingerprint density at radius 3 is 2.53 bits per heavy atom. The smallest absolute Gasteiger partial charge is 0.146 e. The number of rotatable bonds is 7. The van der Waals surface area contributed by atoms with Crippen LogP contribution in [0.4, 0.5) is 5.69 Å². The Morgan fingerprint density at radius 2 is 1.88 bits per heavy atom. The van der Waals surface area contributed by atoms with E-state index in [1.54, 1.807) is 7.11 Å². The molecule has 96 valence electrons. The van der Waals surface area contributed by atoms with Gasteiger partial charge in [0.1, 0.15) is 17.2 Å². The molecule has 1 aromatic rings. The minimum Gasteiger partial charge on any atom is -0.491 e. The van der Waals surface area contributed by atoms with E-state index in [-0.39, 0.29) is 6.10 Å². The number of nitrogen functional groups attached to an aromatic ring is 1. The fraction of sp³-hybridized carbons (Fsp3) is 0.538. The second-order valence-corrected chi connectivity index (χ2v) is 4.03. The van der Waals surface area contributed by atoms with Crippen LogP contribution in [0.25, 0.3) is 0 Å². The van der Waals surface area contributed by atoms with Crippen LogP contribution in [0.15, 0.2) is 18.2 Å². The zero-order chi connectivity index (χ0) is 12.7. The maximum atomic E-state index is 5.97. The molecule has 1 aromatic carbocycles. The van der Waals surface area contributed by atoms with Crippen LogP contribution in [0.3, 0.4) is 0 Å². The van der Waals surface area contributed by atoms with Crippen molar-refractivity contribution in [3.8, 4) is 11.5 Å². The van der Waals surface area contributed by atoms with E-state index >= 15 is 0 Å². The fourth-order valence-corrected chi connectivity index (χ4v) is 1.39. The highest BCUT2D eigenvalue weighted by Gasteiger charge is 2.08. The van der Waals surface area contributed by atoms with E-state index in [0.29, 0.717) is 30.4 Å². The number of benzene rings is 1. The third-order valence-electron chi connectivity index (χ3n) is 2.14. The molecule has 0 amide bonds. The lowest BCUT2D eigenvalue weighted by molar-refractivity contribution is 0.172. The lowest BCUT2D eigenvalue weighted by Gasteiger charge is -2.15. The minimum absolute atomic E-state index is 0.0982. The van der Waals surface area contributed by atoms with E-state index in [1.807, 2.05) is 32.0 Å². The first-order valence-corrected chi connectivity index (χ1v) is 5.82. The summed E-state index contributed by atoms with van der Waals surface area (Å²) in [5.41, 5.74) is 6.52. The average molecular weight is 239 g/mol. The molecular weight excluding hydrogens is 218 g/mol. The number of hydrogen-bond donors (Lipinski definition) is 1. The highest BCUT2D eigenvalue weighted by atomic mass is 16.5. The predicted octanol–water partition coefficient (Wildman–Crippen LogP) is 2.47. The van der Waals surface area contributed by atoms with Gasteiger partial charge in [-0.2, -0.15) is 0 Å². The standard InChI is InChI=1S/C13H21NO3/c1-10(2)17-12-7-4-6-11(13(12)14)16-9-5-8-15-3/h4,6-7,10H,5,8-9,14H2,1-3H3. The zero-order valence-electron chi connectivity index (χ0n) is 10.7. The first kappa shape index (κ1) is 13.6. The van der Waals surface area contributed by atoms with Crippen molar-refractivity contribution < 1.29 is 14.2 Å². The highest BCUT2D eigenvalue weighted by molar-refractivity contribution is 5.62. The SMILES string of the molecule is COCCCOc1cccc(OC(C)C)c1N. The van der Waals surface area contributed by atoms with Gasteiger partial charge in [-0.25, -0.2) is 0 Å². The zero-order valence-corrected chi connectivity index (χ0v) is 10.7. The van der Waals surface area contributed by atoms with Crippen LogP contribution < -0.4 is 15.2 Å². The van der Waals surface area contributed by atoms with Gasteiger partial charge in [0.15, 0.2) is 0 Å². The Morgan fingerprint density at radius 1 is 1.18 bits per heavy atom. The van der Waals surface area contributed by atoms with Gasteiger partial charge >= 0.3 is 0 Å². The molecule has 17 heavy (non-hydrogen) atoms. The van der Waals surface area contributed by atoms with Gasteiger partial charge in [-0.15, -0.1) is 0 Å². The van der Waals surface area contributed by atoms with Crippen LogP contribution in [-0.2, 0) is 4.74 Å². The van der Waals surface area contributed by atoms with Crippen molar-refractivity contribution >= 4 is 5.69 Å². The topological polar surface area (TPSA) is 53.7 Å². The molecule has 0 fully saturated rings. The van der Waals surface area contributed by atoms with Crippen LogP contribution in [0.1, 0.15) is 20.3 Å². The van der Waals surface area contributed by atoms with Crippen molar-refractivity contribution in [1.29, 1.82) is 0 Å². The molecule has 1 rings (SSSR count). The maximum Gasteiger partial charge on any atom is 0.146 e. The quantitative estimate of drug-likeness (QED) is 0.586. The van der Waals surface area contributed by atoms with E-state index in [4.69, 9.17) is 19.9 Å². The van der Waals surface area contributed by atoms with Crippen LogP contribution in [0, 0.1) is 0 Å². The van der Waals surface area contributed by atoms with Crippen LogP contribution in [0.2, 0.25) is 0 Å². The van der Waals surface area contributed by atoms with Gasteiger partial charge in [0.2, 0.25) is 0 Å². The highest BCUT2D eigenvalue weighted by Crippen LogP contribution is 2.31. The molecule has 0 bridgehead atoms. The van der Waals surface area contributed by atoms with E-state index < -0.39 is 0 Å². The van der Waals surface area contributed by atoms with Crippen molar-refractivity contribution in [2.24, 2.45) is 0 Å². The van der Waals surface area contributed by atoms with Crippen LogP contribution in [-0.4, -0.2) is 26.4 Å². The first-order chi connectivity index (χ1) is 8.15. The normalized spacial score (nSPS) is 10.6. The Hall–Kier alpha value is -1.42. The van der Waals surface area contributed by atoms with E-state index in [2.05, 4.69) is 0 Å². The van der Waals surface area contributed by atoms with Gasteiger partial charge in [-0.1, -0.05) is 6.07 Å². The van der Waals surface area contributed by atoms with Gasteiger partial charge in [-0.3, -0.25) is 0 Å². The van der Waals surface area contributed by atoms with Gasteiger partial charge < -0.3 is 19.9 Å². The molecule has 0 atom stereocenters. The summed E-state index contributed by atoms with van der Waals surface area (Å²) in [5, 5.41) is 0. The second kappa shape index (κ2) is 7.01. The summed E-state index contributed by atoms with van der Waals surface area (Å²) in [6.07, 6.45) is 0.937. The van der Waals surface area contributed by atoms with Gasteiger partial charge in [-0.05, 0) is 26.0 Å². The molecule has 2 N–H and O–H groups in total. The lowest BCUT2D eigenvalue weighted by Crippen LogP contribution is -2.09. The first-order valence-electron chi connectivity index (χ1n) is 5.82. The molecule has 0 aliphatic heterocycles. The third kappa shape index (κ3) is 4.53. The summed E-state index contributed by atoms with van der Waals surface area (Å²) in [6.45, 7) is 5.20. The third-order valence-corrected chi connectivity index (χ3v) is 2.14.